The first kappa shape index (κ1) is 23.8. The van der Waals surface area contributed by atoms with E-state index in [4.69, 9.17) is 0 Å². The highest BCUT2D eigenvalue weighted by Crippen LogP contribution is 2.42. The predicted octanol–water partition coefficient (Wildman–Crippen LogP) is 5.69. The minimum absolute atomic E-state index is 0.0197. The van der Waals surface area contributed by atoms with Crippen LogP contribution in [-0.2, 0) is 0 Å². The van der Waals surface area contributed by atoms with E-state index in [-0.39, 0.29) is 33.5 Å². The van der Waals surface area contributed by atoms with Crippen molar-refractivity contribution in [2.24, 2.45) is 0 Å². The normalized spacial score (nSPS) is 10.6. The lowest BCUT2D eigenvalue weighted by atomic mass is 9.90. The maximum Gasteiger partial charge on any atom is 0.335 e. The number of nitro groups is 1. The van der Waals surface area contributed by atoms with Crippen LogP contribution in [0.3, 0.4) is 0 Å². The average molecular weight is 483 g/mol. The van der Waals surface area contributed by atoms with Gasteiger partial charge in [0.1, 0.15) is 0 Å². The van der Waals surface area contributed by atoms with Crippen molar-refractivity contribution in [2.75, 3.05) is 0 Å². The summed E-state index contributed by atoms with van der Waals surface area (Å²) in [5, 5.41) is 39.9. The molecule has 0 fully saturated rings. The average Bonchev–Trinajstić information content (AvgIpc) is 2.88. The van der Waals surface area contributed by atoms with Gasteiger partial charge in [0.05, 0.1) is 32.7 Å². The van der Waals surface area contributed by atoms with Crippen molar-refractivity contribution in [2.45, 2.75) is 0 Å². The highest BCUT2D eigenvalue weighted by molar-refractivity contribution is 5.94. The number of rotatable bonds is 7. The van der Waals surface area contributed by atoms with Crippen LogP contribution in [0.2, 0.25) is 0 Å². The highest BCUT2D eigenvalue weighted by atomic mass is 16.6. The Labute approximate surface area is 203 Å². The molecule has 0 unspecified atom stereocenters. The Kier molecular flexibility index (Phi) is 6.30. The second-order valence-electron chi connectivity index (χ2n) is 7.82. The summed E-state index contributed by atoms with van der Waals surface area (Å²) in [5.41, 5.74) is 2.26. The van der Waals surface area contributed by atoms with Crippen molar-refractivity contribution in [1.29, 1.82) is 0 Å². The molecule has 0 aliphatic rings. The molecule has 3 N–H and O–H groups in total. The zero-order valence-corrected chi connectivity index (χ0v) is 18.4. The van der Waals surface area contributed by atoms with Gasteiger partial charge in [0.25, 0.3) is 5.69 Å². The highest BCUT2D eigenvalue weighted by Gasteiger charge is 2.24. The van der Waals surface area contributed by atoms with E-state index in [1.54, 1.807) is 24.3 Å². The molecule has 36 heavy (non-hydrogen) atoms. The number of benzene rings is 4. The molecular weight excluding hydrogens is 466 g/mol. The van der Waals surface area contributed by atoms with Crippen molar-refractivity contribution < 1.29 is 34.6 Å². The van der Waals surface area contributed by atoms with Gasteiger partial charge >= 0.3 is 17.9 Å². The monoisotopic (exact) mass is 483 g/mol. The number of nitro benzene ring substituents is 1. The van der Waals surface area contributed by atoms with E-state index in [0.717, 1.165) is 0 Å². The summed E-state index contributed by atoms with van der Waals surface area (Å²) in [6.07, 6.45) is 0. The predicted molar refractivity (Wildman–Crippen MR) is 130 cm³/mol. The summed E-state index contributed by atoms with van der Waals surface area (Å²) < 4.78 is 0. The molecule has 0 heterocycles. The molecule has 0 radical (unpaired) electrons. The van der Waals surface area contributed by atoms with Gasteiger partial charge in [0, 0.05) is 0 Å². The SMILES string of the molecule is O=C(O)c1ccc(-c2cc(-c3ccc(C(=O)O)cc3)c([N+](=O)[O-])c(-c3ccc(C(=O)O)cc3)c2)cc1. The standard InChI is InChI=1S/C27H17NO8/c29-25(30)18-7-1-15(2-8-18)21-13-22(16-3-9-19(10-4-16)26(31)32)24(28(35)36)23(14-21)17-5-11-20(12-6-17)27(33)34/h1-14H,(H,29,30)(H,31,32)(H,33,34). The van der Waals surface area contributed by atoms with Crippen LogP contribution in [-0.4, -0.2) is 38.2 Å². The van der Waals surface area contributed by atoms with Crippen LogP contribution in [0, 0.1) is 10.1 Å². The van der Waals surface area contributed by atoms with Gasteiger partial charge < -0.3 is 15.3 Å². The third-order valence-corrected chi connectivity index (χ3v) is 5.64. The summed E-state index contributed by atoms with van der Waals surface area (Å²) >= 11 is 0. The number of hydrogen-bond donors (Lipinski definition) is 3. The minimum Gasteiger partial charge on any atom is -0.478 e. The topological polar surface area (TPSA) is 155 Å². The molecule has 0 saturated heterocycles. The summed E-state index contributed by atoms with van der Waals surface area (Å²) in [5.74, 6) is -3.37. The molecule has 0 bridgehead atoms. The maximum atomic E-state index is 12.3. The van der Waals surface area contributed by atoms with Gasteiger partial charge in [0.2, 0.25) is 0 Å². The van der Waals surface area contributed by atoms with Crippen LogP contribution in [0.25, 0.3) is 33.4 Å². The van der Waals surface area contributed by atoms with E-state index in [1.807, 2.05) is 0 Å². The first-order chi connectivity index (χ1) is 17.2. The molecule has 9 heteroatoms. The molecule has 0 aliphatic heterocycles. The van der Waals surface area contributed by atoms with Gasteiger partial charge in [-0.15, -0.1) is 0 Å². The molecule has 4 rings (SSSR count). The largest absolute Gasteiger partial charge is 0.478 e. The Morgan fingerprint density at radius 2 is 0.833 bits per heavy atom. The molecule has 0 amide bonds. The number of hydrogen-bond acceptors (Lipinski definition) is 5. The first-order valence-electron chi connectivity index (χ1n) is 10.5. The molecule has 0 saturated carbocycles. The van der Waals surface area contributed by atoms with Crippen molar-refractivity contribution in [3.63, 3.8) is 0 Å². The zero-order valence-electron chi connectivity index (χ0n) is 18.4. The first-order valence-corrected chi connectivity index (χ1v) is 10.5. The Balaban J connectivity index is 1.98. The Morgan fingerprint density at radius 1 is 0.528 bits per heavy atom. The van der Waals surface area contributed by atoms with Crippen molar-refractivity contribution in [3.8, 4) is 33.4 Å². The fraction of sp³-hybridized carbons (Fsp3) is 0. The molecule has 178 valence electrons. The fourth-order valence-electron chi connectivity index (χ4n) is 3.83. The van der Waals surface area contributed by atoms with Gasteiger partial charge in [-0.05, 0) is 70.8 Å². The number of nitrogens with zero attached hydrogens (tertiary/aromatic N) is 1. The Bertz CT molecular complexity index is 1430. The van der Waals surface area contributed by atoms with E-state index in [0.29, 0.717) is 22.3 Å². The molecular formula is C27H17NO8. The van der Waals surface area contributed by atoms with Crippen molar-refractivity contribution in [1.82, 2.24) is 0 Å². The maximum absolute atomic E-state index is 12.3. The van der Waals surface area contributed by atoms with Crippen LogP contribution < -0.4 is 0 Å². The third kappa shape index (κ3) is 4.66. The number of carboxylic acid groups (broad SMARTS) is 3. The number of carbonyl (C=O) groups is 3. The van der Waals surface area contributed by atoms with E-state index >= 15 is 0 Å². The smallest absolute Gasteiger partial charge is 0.335 e. The number of aromatic carboxylic acids is 3. The molecule has 9 nitrogen and oxygen atoms in total. The van der Waals surface area contributed by atoms with E-state index < -0.39 is 22.8 Å². The van der Waals surface area contributed by atoms with Gasteiger partial charge in [-0.3, -0.25) is 10.1 Å². The molecule has 0 aliphatic carbocycles. The summed E-state index contributed by atoms with van der Waals surface area (Å²) in [4.78, 5) is 45.5. The minimum atomic E-state index is -1.14. The lowest BCUT2D eigenvalue weighted by Gasteiger charge is -2.13. The second-order valence-corrected chi connectivity index (χ2v) is 7.82. The van der Waals surface area contributed by atoms with Crippen LogP contribution in [0.15, 0.2) is 84.9 Å². The van der Waals surface area contributed by atoms with Crippen LogP contribution in [0.4, 0.5) is 5.69 Å². The van der Waals surface area contributed by atoms with Crippen LogP contribution >= 0.6 is 0 Å². The zero-order chi connectivity index (χ0) is 26.0. The van der Waals surface area contributed by atoms with Gasteiger partial charge in [-0.25, -0.2) is 14.4 Å². The molecule has 0 aromatic heterocycles. The molecule has 0 atom stereocenters. The third-order valence-electron chi connectivity index (χ3n) is 5.64. The quantitative estimate of drug-likeness (QED) is 0.224. The van der Waals surface area contributed by atoms with Crippen molar-refractivity contribution in [3.05, 3.63) is 112 Å². The lowest BCUT2D eigenvalue weighted by Crippen LogP contribution is -2.00. The van der Waals surface area contributed by atoms with Gasteiger partial charge in [-0.2, -0.15) is 0 Å². The molecule has 0 spiro atoms. The van der Waals surface area contributed by atoms with Crippen LogP contribution in [0.5, 0.6) is 0 Å². The second kappa shape index (κ2) is 9.51. The van der Waals surface area contributed by atoms with Gasteiger partial charge in [-0.1, -0.05) is 36.4 Å². The summed E-state index contributed by atoms with van der Waals surface area (Å²) in [7, 11) is 0. The summed E-state index contributed by atoms with van der Waals surface area (Å²) in [6.45, 7) is 0. The lowest BCUT2D eigenvalue weighted by molar-refractivity contribution is -0.383. The fourth-order valence-corrected chi connectivity index (χ4v) is 3.83. The Morgan fingerprint density at radius 3 is 1.11 bits per heavy atom. The molecule has 4 aromatic carbocycles. The van der Waals surface area contributed by atoms with Gasteiger partial charge in [0.15, 0.2) is 0 Å². The van der Waals surface area contributed by atoms with E-state index in [1.165, 1.54) is 60.7 Å². The number of carboxylic acids is 3. The van der Waals surface area contributed by atoms with Crippen molar-refractivity contribution >= 4 is 23.6 Å². The van der Waals surface area contributed by atoms with E-state index in [9.17, 15) is 39.8 Å². The molecule has 4 aromatic rings. The van der Waals surface area contributed by atoms with E-state index in [2.05, 4.69) is 0 Å². The summed E-state index contributed by atoms with van der Waals surface area (Å²) in [6, 6.07) is 20.4. The Hall–Kier alpha value is -5.31. The van der Waals surface area contributed by atoms with Crippen LogP contribution in [0.1, 0.15) is 31.1 Å².